The molecule has 1 aromatic heterocycles. The van der Waals surface area contributed by atoms with E-state index in [4.69, 9.17) is 0 Å². The summed E-state index contributed by atoms with van der Waals surface area (Å²) < 4.78 is 16.0. The summed E-state index contributed by atoms with van der Waals surface area (Å²) in [5.74, 6) is -0.895. The zero-order valence-electron chi connectivity index (χ0n) is 13.9. The first-order chi connectivity index (χ1) is 10.6. The van der Waals surface area contributed by atoms with E-state index in [1.165, 1.54) is 34.4 Å². The molecule has 0 spiro atoms. The van der Waals surface area contributed by atoms with Gasteiger partial charge in [0.15, 0.2) is 4.80 Å². The molecule has 0 unspecified atom stereocenters. The van der Waals surface area contributed by atoms with E-state index < -0.39 is 11.7 Å². The van der Waals surface area contributed by atoms with Crippen LogP contribution in [0, 0.1) is 12.7 Å². The van der Waals surface area contributed by atoms with Crippen molar-refractivity contribution in [2.45, 2.75) is 46.6 Å². The topological polar surface area (TPSA) is 34.4 Å². The molecule has 1 aromatic carbocycles. The number of carbonyl (C=O) groups is 1. The molecular weight excluding hydrogens is 379 g/mol. The minimum absolute atomic E-state index is 0.0120. The third-order valence-corrected chi connectivity index (χ3v) is 5.81. The van der Waals surface area contributed by atoms with E-state index in [0.29, 0.717) is 9.27 Å². The molecule has 0 aliphatic rings. The molecule has 1 heterocycles. The Morgan fingerprint density at radius 3 is 2.61 bits per heavy atom. The molecule has 6 heteroatoms. The van der Waals surface area contributed by atoms with Gasteiger partial charge in [-0.3, -0.25) is 4.79 Å². The van der Waals surface area contributed by atoms with Crippen molar-refractivity contribution in [3.8, 4) is 0 Å². The largest absolute Gasteiger partial charge is 0.321 e. The van der Waals surface area contributed by atoms with Gasteiger partial charge in [-0.2, -0.15) is 4.99 Å². The lowest BCUT2D eigenvalue weighted by Gasteiger charge is -2.17. The lowest BCUT2D eigenvalue weighted by molar-refractivity contribution is 0.0996. The van der Waals surface area contributed by atoms with Crippen LogP contribution in [0.25, 0.3) is 0 Å². The number of rotatable bonds is 2. The molecule has 124 valence electrons. The number of amides is 1. The highest BCUT2D eigenvalue weighted by molar-refractivity contribution is 9.10. The van der Waals surface area contributed by atoms with E-state index in [1.54, 1.807) is 0 Å². The van der Waals surface area contributed by atoms with E-state index in [1.807, 2.05) is 18.4 Å². The Balaban J connectivity index is 2.59. The third-order valence-electron chi connectivity index (χ3n) is 3.51. The van der Waals surface area contributed by atoms with Crippen LogP contribution in [-0.4, -0.2) is 10.5 Å². The van der Waals surface area contributed by atoms with Crippen molar-refractivity contribution in [3.63, 3.8) is 0 Å². The maximum atomic E-state index is 13.4. The molecule has 0 bridgehead atoms. The van der Waals surface area contributed by atoms with Gasteiger partial charge in [0, 0.05) is 21.6 Å². The SMILES string of the molecule is CCn1c(C)c(C(C)(C)C)s/c1=N\C(=O)c1cc(F)ccc1Br. The number of aromatic nitrogens is 1. The average Bonchev–Trinajstić information content (AvgIpc) is 2.77. The van der Waals surface area contributed by atoms with Crippen molar-refractivity contribution in [1.82, 2.24) is 4.57 Å². The molecule has 23 heavy (non-hydrogen) atoms. The molecule has 2 aromatic rings. The first kappa shape index (κ1) is 18.1. The number of hydrogen-bond acceptors (Lipinski definition) is 2. The standard InChI is InChI=1S/C17H20BrFN2OS/c1-6-21-10(2)14(17(3,4)5)23-16(21)20-15(22)12-9-11(19)7-8-13(12)18/h7-9H,6H2,1-5H3/b20-16-. The van der Waals surface area contributed by atoms with E-state index in [9.17, 15) is 9.18 Å². The fourth-order valence-electron chi connectivity index (χ4n) is 2.45. The maximum Gasteiger partial charge on any atom is 0.280 e. The Morgan fingerprint density at radius 2 is 2.04 bits per heavy atom. The van der Waals surface area contributed by atoms with Gasteiger partial charge in [-0.05, 0) is 53.4 Å². The van der Waals surface area contributed by atoms with Crippen molar-refractivity contribution < 1.29 is 9.18 Å². The van der Waals surface area contributed by atoms with Crippen molar-refractivity contribution in [2.24, 2.45) is 4.99 Å². The maximum absolute atomic E-state index is 13.4. The highest BCUT2D eigenvalue weighted by atomic mass is 79.9. The van der Waals surface area contributed by atoms with Crippen LogP contribution in [0.2, 0.25) is 0 Å². The quantitative estimate of drug-likeness (QED) is 0.713. The van der Waals surface area contributed by atoms with Crippen molar-refractivity contribution >= 4 is 33.2 Å². The van der Waals surface area contributed by atoms with Gasteiger partial charge >= 0.3 is 0 Å². The summed E-state index contributed by atoms with van der Waals surface area (Å²) in [7, 11) is 0. The van der Waals surface area contributed by atoms with Gasteiger partial charge in [-0.25, -0.2) is 4.39 Å². The lowest BCUT2D eigenvalue weighted by Crippen LogP contribution is -2.17. The first-order valence-electron chi connectivity index (χ1n) is 7.40. The molecule has 3 nitrogen and oxygen atoms in total. The molecular formula is C17H20BrFN2OS. The normalized spacial score (nSPS) is 12.7. The summed E-state index contributed by atoms with van der Waals surface area (Å²) in [6.07, 6.45) is 0. The summed E-state index contributed by atoms with van der Waals surface area (Å²) in [4.78, 5) is 18.5. The van der Waals surface area contributed by atoms with Crippen molar-refractivity contribution in [3.05, 3.63) is 49.4 Å². The summed E-state index contributed by atoms with van der Waals surface area (Å²) >= 11 is 4.80. The zero-order valence-corrected chi connectivity index (χ0v) is 16.3. The third kappa shape index (κ3) is 3.80. The van der Waals surface area contributed by atoms with Gasteiger partial charge in [0.05, 0.1) is 5.56 Å². The van der Waals surface area contributed by atoms with Gasteiger partial charge in [-0.15, -0.1) is 11.3 Å². The summed E-state index contributed by atoms with van der Waals surface area (Å²) in [6, 6.07) is 4.03. The Labute approximate surface area is 148 Å². The Morgan fingerprint density at radius 1 is 1.39 bits per heavy atom. The highest BCUT2D eigenvalue weighted by Gasteiger charge is 2.22. The number of thiazole rings is 1. The lowest BCUT2D eigenvalue weighted by atomic mass is 9.93. The molecule has 0 radical (unpaired) electrons. The van der Waals surface area contributed by atoms with E-state index in [2.05, 4.69) is 41.7 Å². The molecule has 0 N–H and O–H groups in total. The predicted molar refractivity (Wildman–Crippen MR) is 95.4 cm³/mol. The Kier molecular flexibility index (Phi) is 5.26. The minimum atomic E-state index is -0.451. The van der Waals surface area contributed by atoms with Crippen LogP contribution in [0.15, 0.2) is 27.7 Å². The van der Waals surface area contributed by atoms with Crippen LogP contribution in [0.4, 0.5) is 4.39 Å². The number of carbonyl (C=O) groups excluding carboxylic acids is 1. The van der Waals surface area contributed by atoms with Crippen LogP contribution in [0.1, 0.15) is 48.6 Å². The van der Waals surface area contributed by atoms with Crippen LogP contribution in [0.5, 0.6) is 0 Å². The fourth-order valence-corrected chi connectivity index (χ4v) is 4.11. The monoisotopic (exact) mass is 398 g/mol. The van der Waals surface area contributed by atoms with Crippen LogP contribution in [-0.2, 0) is 12.0 Å². The second-order valence-electron chi connectivity index (χ2n) is 6.33. The number of halogens is 2. The zero-order chi connectivity index (χ0) is 17.4. The fraction of sp³-hybridized carbons (Fsp3) is 0.412. The van der Waals surface area contributed by atoms with Crippen molar-refractivity contribution in [1.29, 1.82) is 0 Å². The van der Waals surface area contributed by atoms with Gasteiger partial charge < -0.3 is 4.57 Å². The number of hydrogen-bond donors (Lipinski definition) is 0. The Bertz CT molecular complexity index is 815. The van der Waals surface area contributed by atoms with Crippen molar-refractivity contribution in [2.75, 3.05) is 0 Å². The van der Waals surface area contributed by atoms with E-state index >= 15 is 0 Å². The van der Waals surface area contributed by atoms with Gasteiger partial charge in [0.25, 0.3) is 5.91 Å². The second-order valence-corrected chi connectivity index (χ2v) is 8.17. The molecule has 2 rings (SSSR count). The van der Waals surface area contributed by atoms with E-state index in [0.717, 1.165) is 12.2 Å². The van der Waals surface area contributed by atoms with Crippen LogP contribution >= 0.6 is 27.3 Å². The minimum Gasteiger partial charge on any atom is -0.321 e. The molecule has 0 atom stereocenters. The first-order valence-corrected chi connectivity index (χ1v) is 9.01. The molecule has 1 amide bonds. The van der Waals surface area contributed by atoms with Gasteiger partial charge in [0.2, 0.25) is 0 Å². The second kappa shape index (κ2) is 6.69. The van der Waals surface area contributed by atoms with Gasteiger partial charge in [0.1, 0.15) is 5.82 Å². The average molecular weight is 399 g/mol. The summed E-state index contributed by atoms with van der Waals surface area (Å²) in [5, 5.41) is 0. The molecule has 0 saturated heterocycles. The predicted octanol–water partition coefficient (Wildman–Crippen LogP) is 4.82. The highest BCUT2D eigenvalue weighted by Crippen LogP contribution is 2.28. The smallest absolute Gasteiger partial charge is 0.280 e. The summed E-state index contributed by atoms with van der Waals surface area (Å²) in [6.45, 7) is 11.2. The molecule has 0 aliphatic heterocycles. The number of nitrogens with zero attached hydrogens (tertiary/aromatic N) is 2. The van der Waals surface area contributed by atoms with E-state index in [-0.39, 0.29) is 11.0 Å². The van der Waals surface area contributed by atoms with Gasteiger partial charge in [-0.1, -0.05) is 20.8 Å². The summed E-state index contributed by atoms with van der Waals surface area (Å²) in [5.41, 5.74) is 1.34. The van der Waals surface area contributed by atoms with Crippen LogP contribution < -0.4 is 4.80 Å². The molecule has 0 aliphatic carbocycles. The van der Waals surface area contributed by atoms with Crippen LogP contribution in [0.3, 0.4) is 0 Å². The molecule has 0 saturated carbocycles. The Hall–Kier alpha value is -1.27. The number of benzene rings is 1. The molecule has 0 fully saturated rings.